The highest BCUT2D eigenvalue weighted by Crippen LogP contribution is 2.38. The van der Waals surface area contributed by atoms with Gasteiger partial charge in [0.05, 0.1) is 22.3 Å². The van der Waals surface area contributed by atoms with Crippen molar-refractivity contribution < 1.29 is 12.6 Å². The van der Waals surface area contributed by atoms with Gasteiger partial charge >= 0.3 is 0 Å². The van der Waals surface area contributed by atoms with Crippen LogP contribution in [-0.4, -0.2) is 9.55 Å². The lowest BCUT2D eigenvalue weighted by Gasteiger charge is -2.15. The van der Waals surface area contributed by atoms with Crippen LogP contribution in [0.4, 0.5) is 0 Å². The average Bonchev–Trinajstić information content (AvgIpc) is 3.41. The van der Waals surface area contributed by atoms with Gasteiger partial charge in [-0.25, -0.2) is 4.98 Å². The van der Waals surface area contributed by atoms with E-state index in [0.29, 0.717) is 33.6 Å². The fourth-order valence-electron chi connectivity index (χ4n) is 4.14. The summed E-state index contributed by atoms with van der Waals surface area (Å²) in [5.41, 5.74) is 3.13. The number of aromatic nitrogens is 2. The molecule has 6 aromatic rings. The van der Waals surface area contributed by atoms with Gasteiger partial charge in [0, 0.05) is 19.0 Å². The van der Waals surface area contributed by atoms with Crippen LogP contribution in [0.1, 0.15) is 19.4 Å². The highest BCUT2D eigenvalue weighted by molar-refractivity contribution is 6.09. The molecule has 0 fully saturated rings. The Bertz CT molecular complexity index is 1740. The lowest BCUT2D eigenvalue weighted by atomic mass is 10.1. The molecule has 0 bridgehead atoms. The number of rotatable bonds is 2. The third-order valence-corrected chi connectivity index (χ3v) is 5.47. The molecule has 3 nitrogen and oxygen atoms in total. The van der Waals surface area contributed by atoms with Gasteiger partial charge in [0.1, 0.15) is 17.0 Å². The zero-order valence-corrected chi connectivity index (χ0v) is 15.9. The molecule has 2 aromatic heterocycles. The molecular formula is C27H20N2O. The van der Waals surface area contributed by atoms with Crippen LogP contribution < -0.4 is 0 Å². The van der Waals surface area contributed by atoms with Gasteiger partial charge in [-0.3, -0.25) is 4.57 Å². The van der Waals surface area contributed by atoms with Crippen molar-refractivity contribution in [3.8, 4) is 17.1 Å². The molecule has 0 unspecified atom stereocenters. The molecule has 0 atom stereocenters. The van der Waals surface area contributed by atoms with Gasteiger partial charge in [-0.2, -0.15) is 0 Å². The Morgan fingerprint density at radius 1 is 0.767 bits per heavy atom. The van der Waals surface area contributed by atoms with Gasteiger partial charge in [0.2, 0.25) is 0 Å². The molecule has 4 aromatic carbocycles. The van der Waals surface area contributed by atoms with E-state index in [0.717, 1.165) is 10.8 Å². The number of benzene rings is 4. The zero-order valence-electron chi connectivity index (χ0n) is 21.9. The fourth-order valence-corrected chi connectivity index (χ4v) is 4.14. The summed E-state index contributed by atoms with van der Waals surface area (Å²) in [4.78, 5) is 4.86. The van der Waals surface area contributed by atoms with Crippen LogP contribution in [0.5, 0.6) is 0 Å². The maximum atomic E-state index is 8.20. The summed E-state index contributed by atoms with van der Waals surface area (Å²) in [6.07, 6.45) is 0. The van der Waals surface area contributed by atoms with E-state index in [-0.39, 0.29) is 16.8 Å². The Hall–Kier alpha value is -3.85. The number of imidazole rings is 1. The smallest absolute Gasteiger partial charge is 0.149 e. The fraction of sp³-hybridized carbons (Fsp3) is 0.0741. The van der Waals surface area contributed by atoms with Crippen molar-refractivity contribution in [3.63, 3.8) is 0 Å². The van der Waals surface area contributed by atoms with Crippen LogP contribution in [0.15, 0.2) is 89.3 Å². The van der Waals surface area contributed by atoms with Crippen molar-refractivity contribution in [3.05, 3.63) is 96.1 Å². The Kier molecular flexibility index (Phi) is 2.53. The maximum absolute atomic E-state index is 8.20. The van der Waals surface area contributed by atoms with Crippen LogP contribution in [0, 0.1) is 13.7 Å². The SMILES string of the molecule is [2H]C([2H])([2H])c1cccc(C([2H])([2H])[2H])c1-n1c(-c2cccc3c2oc2ccccc23)nc2ccccc21. The van der Waals surface area contributed by atoms with E-state index < -0.39 is 13.7 Å². The number of nitrogens with zero attached hydrogens (tertiary/aromatic N) is 2. The topological polar surface area (TPSA) is 31.0 Å². The van der Waals surface area contributed by atoms with Crippen molar-refractivity contribution in [1.29, 1.82) is 0 Å². The second kappa shape index (κ2) is 6.33. The van der Waals surface area contributed by atoms with Crippen molar-refractivity contribution >= 4 is 33.0 Å². The van der Waals surface area contributed by atoms with Crippen molar-refractivity contribution in [2.45, 2.75) is 13.7 Å². The van der Waals surface area contributed by atoms with Gasteiger partial charge in [-0.1, -0.05) is 60.7 Å². The maximum Gasteiger partial charge on any atom is 0.149 e. The van der Waals surface area contributed by atoms with Crippen LogP contribution in [-0.2, 0) is 0 Å². The molecule has 0 saturated carbocycles. The van der Waals surface area contributed by atoms with Crippen LogP contribution in [0.2, 0.25) is 0 Å². The second-order valence-corrected chi connectivity index (χ2v) is 7.24. The number of para-hydroxylation sites is 5. The first-order valence-corrected chi connectivity index (χ1v) is 9.67. The predicted molar refractivity (Wildman–Crippen MR) is 123 cm³/mol. The number of aryl methyl sites for hydroxylation is 2. The minimum absolute atomic E-state index is 0.0580. The Labute approximate surface area is 182 Å². The summed E-state index contributed by atoms with van der Waals surface area (Å²) in [6, 6.07) is 25.1. The Morgan fingerprint density at radius 2 is 1.50 bits per heavy atom. The van der Waals surface area contributed by atoms with Crippen LogP contribution in [0.25, 0.3) is 50.0 Å². The molecule has 144 valence electrons. The molecule has 6 rings (SSSR count). The van der Waals surface area contributed by atoms with Crippen molar-refractivity contribution in [1.82, 2.24) is 9.55 Å². The van der Waals surface area contributed by atoms with E-state index in [9.17, 15) is 0 Å². The molecule has 3 heteroatoms. The average molecular weight is 395 g/mol. The molecule has 30 heavy (non-hydrogen) atoms. The molecular weight excluding hydrogens is 368 g/mol. The monoisotopic (exact) mass is 394 g/mol. The van der Waals surface area contributed by atoms with E-state index in [1.807, 2.05) is 66.7 Å². The molecule has 0 aliphatic carbocycles. The van der Waals surface area contributed by atoms with Gasteiger partial charge in [0.15, 0.2) is 0 Å². The number of fused-ring (bicyclic) bond motifs is 4. The van der Waals surface area contributed by atoms with Gasteiger partial charge in [-0.15, -0.1) is 0 Å². The van der Waals surface area contributed by atoms with E-state index in [2.05, 4.69) is 0 Å². The summed E-state index contributed by atoms with van der Waals surface area (Å²) in [7, 11) is 0. The normalized spacial score (nSPS) is 15.5. The van der Waals surface area contributed by atoms with E-state index in [1.54, 1.807) is 4.57 Å². The molecule has 0 N–H and O–H groups in total. The minimum Gasteiger partial charge on any atom is -0.455 e. The summed E-state index contributed by atoms with van der Waals surface area (Å²) in [5.74, 6) is 0.406. The van der Waals surface area contributed by atoms with E-state index >= 15 is 0 Å². The summed E-state index contributed by atoms with van der Waals surface area (Å²) in [6.45, 7) is -5.10. The summed E-state index contributed by atoms with van der Waals surface area (Å²) < 4.78 is 57.1. The summed E-state index contributed by atoms with van der Waals surface area (Å²) >= 11 is 0. The number of furan rings is 1. The lowest BCUT2D eigenvalue weighted by Crippen LogP contribution is -2.02. The molecule has 0 radical (unpaired) electrons. The van der Waals surface area contributed by atoms with Crippen LogP contribution >= 0.6 is 0 Å². The standard InChI is InChI=1S/C27H20N2O/c1-17-9-7-10-18(2)25(17)29-23-15-5-4-14-22(23)28-27(29)21-13-8-12-20-19-11-3-6-16-24(19)30-26(20)21/h3-16H,1-2H3/i1D3,2D3. The van der Waals surface area contributed by atoms with Crippen molar-refractivity contribution in [2.75, 3.05) is 0 Å². The van der Waals surface area contributed by atoms with Crippen molar-refractivity contribution in [2.24, 2.45) is 0 Å². The largest absolute Gasteiger partial charge is 0.455 e. The molecule has 0 spiro atoms. The second-order valence-electron chi connectivity index (χ2n) is 7.24. The highest BCUT2D eigenvalue weighted by atomic mass is 16.3. The molecule has 0 aliphatic rings. The minimum atomic E-state index is -2.55. The third kappa shape index (κ3) is 2.35. The van der Waals surface area contributed by atoms with Gasteiger partial charge in [0.25, 0.3) is 0 Å². The van der Waals surface area contributed by atoms with Gasteiger partial charge < -0.3 is 4.42 Å². The van der Waals surface area contributed by atoms with E-state index in [4.69, 9.17) is 17.6 Å². The number of hydrogen-bond donors (Lipinski definition) is 0. The van der Waals surface area contributed by atoms with Gasteiger partial charge in [-0.05, 0) is 49.1 Å². The van der Waals surface area contributed by atoms with E-state index in [1.165, 1.54) is 18.2 Å². The Morgan fingerprint density at radius 3 is 2.37 bits per heavy atom. The number of hydrogen-bond acceptors (Lipinski definition) is 2. The molecule has 0 amide bonds. The first kappa shape index (κ1) is 12.0. The zero-order chi connectivity index (χ0) is 25.2. The van der Waals surface area contributed by atoms with Crippen LogP contribution in [0.3, 0.4) is 0 Å². The Balaban J connectivity index is 1.79. The lowest BCUT2D eigenvalue weighted by molar-refractivity contribution is 0.669. The summed E-state index contributed by atoms with van der Waals surface area (Å²) in [5, 5.41) is 1.84. The first-order chi connectivity index (χ1) is 17.1. The highest BCUT2D eigenvalue weighted by Gasteiger charge is 2.20. The quantitative estimate of drug-likeness (QED) is 0.311. The molecule has 0 aliphatic heterocycles. The predicted octanol–water partition coefficient (Wildman–Crippen LogP) is 7.21. The first-order valence-electron chi connectivity index (χ1n) is 12.7. The third-order valence-electron chi connectivity index (χ3n) is 5.47. The molecule has 2 heterocycles. The molecule has 0 saturated heterocycles.